The van der Waals surface area contributed by atoms with Gasteiger partial charge in [-0.15, -0.1) is 0 Å². The zero-order valence-electron chi connectivity index (χ0n) is 14.9. The van der Waals surface area contributed by atoms with Gasteiger partial charge in [0, 0.05) is 37.2 Å². The first-order valence-corrected chi connectivity index (χ1v) is 10.6. The highest BCUT2D eigenvalue weighted by Crippen LogP contribution is 2.40. The van der Waals surface area contributed by atoms with Gasteiger partial charge < -0.3 is 5.32 Å². The van der Waals surface area contributed by atoms with Crippen molar-refractivity contribution in [2.24, 2.45) is 0 Å². The second-order valence-corrected chi connectivity index (χ2v) is 9.12. The second-order valence-electron chi connectivity index (χ2n) is 7.14. The summed E-state index contributed by atoms with van der Waals surface area (Å²) < 4.78 is 63.2. The van der Waals surface area contributed by atoms with Gasteiger partial charge in [-0.05, 0) is 25.0 Å². The number of alkyl halides is 3. The minimum atomic E-state index is -4.46. The smallest absolute Gasteiger partial charge is 0.325 e. The van der Waals surface area contributed by atoms with Crippen LogP contribution >= 0.6 is 0 Å². The first-order chi connectivity index (χ1) is 13.1. The number of nitrogens with zero attached hydrogens (tertiary/aromatic N) is 4. The SMILES string of the molecule is CS(=O)(=O)N1CC(c2cc(Nc3cc(C(F)(F)F)ccn3)nc(C3CC3)n2)C1. The molecule has 7 nitrogen and oxygen atoms in total. The normalized spacial score (nSPS) is 18.7. The zero-order chi connectivity index (χ0) is 20.1. The van der Waals surface area contributed by atoms with Gasteiger partial charge in [0.2, 0.25) is 10.0 Å². The lowest BCUT2D eigenvalue weighted by Gasteiger charge is -2.36. The fourth-order valence-electron chi connectivity index (χ4n) is 2.99. The number of rotatable bonds is 5. The van der Waals surface area contributed by atoms with Crippen LogP contribution in [0.2, 0.25) is 0 Å². The molecule has 1 saturated carbocycles. The molecule has 150 valence electrons. The van der Waals surface area contributed by atoms with E-state index in [1.165, 1.54) is 4.31 Å². The van der Waals surface area contributed by atoms with Crippen molar-refractivity contribution in [1.29, 1.82) is 0 Å². The average Bonchev–Trinajstić information content (AvgIpc) is 3.36. The Kier molecular flexibility index (Phi) is 4.53. The zero-order valence-corrected chi connectivity index (χ0v) is 15.8. The number of anilines is 2. The van der Waals surface area contributed by atoms with Gasteiger partial charge >= 0.3 is 6.18 Å². The highest BCUT2D eigenvalue weighted by molar-refractivity contribution is 7.88. The monoisotopic (exact) mass is 413 g/mol. The number of hydrogen-bond acceptors (Lipinski definition) is 6. The van der Waals surface area contributed by atoms with E-state index in [4.69, 9.17) is 0 Å². The van der Waals surface area contributed by atoms with Gasteiger partial charge in [0.1, 0.15) is 17.5 Å². The summed E-state index contributed by atoms with van der Waals surface area (Å²) in [7, 11) is -3.24. The highest BCUT2D eigenvalue weighted by Gasteiger charge is 2.36. The van der Waals surface area contributed by atoms with Crippen LogP contribution in [-0.2, 0) is 16.2 Å². The van der Waals surface area contributed by atoms with E-state index >= 15 is 0 Å². The van der Waals surface area contributed by atoms with Gasteiger partial charge in [-0.3, -0.25) is 0 Å². The molecule has 4 rings (SSSR count). The molecule has 0 amide bonds. The lowest BCUT2D eigenvalue weighted by Crippen LogP contribution is -2.48. The molecule has 1 N–H and O–H groups in total. The average molecular weight is 413 g/mol. The Morgan fingerprint density at radius 3 is 2.43 bits per heavy atom. The van der Waals surface area contributed by atoms with E-state index in [-0.39, 0.29) is 17.7 Å². The van der Waals surface area contributed by atoms with Crippen LogP contribution in [0.25, 0.3) is 0 Å². The molecule has 2 aliphatic rings. The van der Waals surface area contributed by atoms with Gasteiger partial charge in [-0.25, -0.2) is 27.7 Å². The van der Waals surface area contributed by atoms with Crippen molar-refractivity contribution in [3.63, 3.8) is 0 Å². The first kappa shape index (κ1) is 19.1. The van der Waals surface area contributed by atoms with Crippen LogP contribution in [0.3, 0.4) is 0 Å². The number of halogens is 3. The van der Waals surface area contributed by atoms with E-state index in [1.54, 1.807) is 6.07 Å². The Morgan fingerprint density at radius 2 is 1.82 bits per heavy atom. The molecule has 0 atom stereocenters. The third-order valence-electron chi connectivity index (χ3n) is 4.78. The van der Waals surface area contributed by atoms with Gasteiger partial charge in [-0.2, -0.15) is 13.2 Å². The summed E-state index contributed by atoms with van der Waals surface area (Å²) in [6, 6.07) is 3.48. The third kappa shape index (κ3) is 4.09. The van der Waals surface area contributed by atoms with E-state index in [1.807, 2.05) is 0 Å². The number of sulfonamides is 1. The number of nitrogens with one attached hydrogen (secondary N) is 1. The molecule has 0 radical (unpaired) electrons. The molecule has 0 unspecified atom stereocenters. The Labute approximate surface area is 160 Å². The fraction of sp³-hybridized carbons (Fsp3) is 0.471. The summed E-state index contributed by atoms with van der Waals surface area (Å²) in [5, 5.41) is 2.83. The molecule has 11 heteroatoms. The molecule has 1 saturated heterocycles. The van der Waals surface area contributed by atoms with Crippen LogP contribution in [-0.4, -0.2) is 47.0 Å². The fourth-order valence-corrected chi connectivity index (χ4v) is 3.89. The van der Waals surface area contributed by atoms with Gasteiger partial charge in [0.25, 0.3) is 0 Å². The lowest BCUT2D eigenvalue weighted by molar-refractivity contribution is -0.137. The number of pyridine rings is 1. The van der Waals surface area contributed by atoms with Crippen molar-refractivity contribution < 1.29 is 21.6 Å². The van der Waals surface area contributed by atoms with Crippen molar-refractivity contribution >= 4 is 21.7 Å². The van der Waals surface area contributed by atoms with Crippen LogP contribution in [0.5, 0.6) is 0 Å². The maximum Gasteiger partial charge on any atom is 0.416 e. The maximum atomic E-state index is 12.9. The van der Waals surface area contributed by atoms with Crippen molar-refractivity contribution in [1.82, 2.24) is 19.3 Å². The van der Waals surface area contributed by atoms with E-state index < -0.39 is 21.8 Å². The minimum absolute atomic E-state index is 0.0348. The summed E-state index contributed by atoms with van der Waals surface area (Å²) in [6.45, 7) is 0.669. The van der Waals surface area contributed by atoms with Crippen LogP contribution in [0.4, 0.5) is 24.8 Å². The predicted octanol–water partition coefficient (Wildman–Crippen LogP) is 2.87. The standard InChI is InChI=1S/C17H18F3N5O2S/c1-28(26,27)25-8-11(9-25)13-7-15(24-16(22-13)10-2-3-10)23-14-6-12(4-5-21-14)17(18,19)20/h4-7,10-11H,2-3,8-9H2,1H3,(H,21,22,23,24). The molecule has 1 aliphatic heterocycles. The summed E-state index contributed by atoms with van der Waals surface area (Å²) in [5.74, 6) is 1.19. The number of aromatic nitrogens is 3. The third-order valence-corrected chi connectivity index (χ3v) is 6.02. The maximum absolute atomic E-state index is 12.9. The molecule has 0 spiro atoms. The van der Waals surface area contributed by atoms with Crippen LogP contribution in [0.1, 0.15) is 41.8 Å². The van der Waals surface area contributed by atoms with E-state index in [0.717, 1.165) is 37.4 Å². The summed E-state index contributed by atoms with van der Waals surface area (Å²) in [5.41, 5.74) is -0.115. The number of hydrogen-bond donors (Lipinski definition) is 1. The van der Waals surface area contributed by atoms with Gasteiger partial charge in [0.15, 0.2) is 0 Å². The molecule has 2 fully saturated rings. The van der Waals surface area contributed by atoms with Crippen molar-refractivity contribution in [3.05, 3.63) is 41.5 Å². The van der Waals surface area contributed by atoms with Gasteiger partial charge in [-0.1, -0.05) is 0 Å². The van der Waals surface area contributed by atoms with Crippen LogP contribution in [0, 0.1) is 0 Å². The molecular weight excluding hydrogens is 395 g/mol. The highest BCUT2D eigenvalue weighted by atomic mass is 32.2. The molecular formula is C17H18F3N5O2S. The first-order valence-electron chi connectivity index (χ1n) is 8.74. The Hall–Kier alpha value is -2.27. The van der Waals surface area contributed by atoms with E-state index in [9.17, 15) is 21.6 Å². The predicted molar refractivity (Wildman–Crippen MR) is 95.7 cm³/mol. The summed E-state index contributed by atoms with van der Waals surface area (Å²) >= 11 is 0. The van der Waals surface area contributed by atoms with Crippen LogP contribution < -0.4 is 5.32 Å². The molecule has 1 aliphatic carbocycles. The van der Waals surface area contributed by atoms with Crippen molar-refractivity contribution in [2.45, 2.75) is 30.9 Å². The molecule has 28 heavy (non-hydrogen) atoms. The molecule has 3 heterocycles. The lowest BCUT2D eigenvalue weighted by atomic mass is 9.98. The summed E-state index contributed by atoms with van der Waals surface area (Å²) in [4.78, 5) is 12.9. The second kappa shape index (κ2) is 6.66. The van der Waals surface area contributed by atoms with E-state index in [2.05, 4.69) is 20.3 Å². The summed E-state index contributed by atoms with van der Waals surface area (Å²) in [6.07, 6.45) is -0.290. The van der Waals surface area contributed by atoms with Crippen molar-refractivity contribution in [3.8, 4) is 0 Å². The minimum Gasteiger partial charge on any atom is -0.325 e. The van der Waals surface area contributed by atoms with E-state index in [0.29, 0.717) is 30.4 Å². The Bertz CT molecular complexity index is 1000. The molecule has 2 aromatic rings. The Balaban J connectivity index is 1.59. The van der Waals surface area contributed by atoms with Crippen molar-refractivity contribution in [2.75, 3.05) is 24.7 Å². The largest absolute Gasteiger partial charge is 0.416 e. The molecule has 2 aromatic heterocycles. The van der Waals surface area contributed by atoms with Crippen LogP contribution in [0.15, 0.2) is 24.4 Å². The molecule has 0 bridgehead atoms. The topological polar surface area (TPSA) is 88.1 Å². The quantitative estimate of drug-likeness (QED) is 0.811. The Morgan fingerprint density at radius 1 is 1.11 bits per heavy atom. The molecule has 0 aromatic carbocycles. The van der Waals surface area contributed by atoms with Gasteiger partial charge in [0.05, 0.1) is 17.5 Å².